The Kier molecular flexibility index (Phi) is 4.44. The molecule has 0 spiro atoms. The van der Waals surface area contributed by atoms with Crippen LogP contribution in [0.4, 0.5) is 13.2 Å². The maximum atomic E-state index is 12.6. The Morgan fingerprint density at radius 2 is 2.09 bits per heavy atom. The fourth-order valence-corrected chi connectivity index (χ4v) is 1.92. The van der Waals surface area contributed by atoms with Crippen LogP contribution < -0.4 is 5.32 Å². The Morgan fingerprint density at radius 1 is 1.41 bits per heavy atom. The molecule has 1 amide bonds. The van der Waals surface area contributed by atoms with Gasteiger partial charge in [0.25, 0.3) is 11.7 Å². The molecule has 0 aliphatic rings. The largest absolute Gasteiger partial charge is 0.453 e. The van der Waals surface area contributed by atoms with Gasteiger partial charge in [0.2, 0.25) is 4.73 Å². The minimum atomic E-state index is -4.69. The van der Waals surface area contributed by atoms with Crippen LogP contribution in [0.5, 0.6) is 0 Å². The molecule has 2 aromatic rings. The average molecular weight is 379 g/mol. The highest BCUT2D eigenvalue weighted by Gasteiger charge is 2.37. The quantitative estimate of drug-likeness (QED) is 0.882. The molecule has 0 fully saturated rings. The standard InChI is InChI=1S/C11H10BrF3N6O/c1-5(2)17-8(22)6-3-7(19-16-4-6)21-10(12)18-9(20-21)11(13,14)15/h3-5H,1-2H3,(H,17,22). The first-order chi connectivity index (χ1) is 10.2. The summed E-state index contributed by atoms with van der Waals surface area (Å²) in [7, 11) is 0. The van der Waals surface area contributed by atoms with Crippen LogP contribution in [0.15, 0.2) is 17.0 Å². The van der Waals surface area contributed by atoms with Crippen molar-refractivity contribution in [3.8, 4) is 5.82 Å². The van der Waals surface area contributed by atoms with Gasteiger partial charge in [-0.25, -0.2) is 0 Å². The van der Waals surface area contributed by atoms with E-state index in [4.69, 9.17) is 0 Å². The van der Waals surface area contributed by atoms with Crippen molar-refractivity contribution in [2.75, 3.05) is 0 Å². The fraction of sp³-hybridized carbons (Fsp3) is 0.364. The van der Waals surface area contributed by atoms with Gasteiger partial charge < -0.3 is 5.32 Å². The zero-order valence-electron chi connectivity index (χ0n) is 11.4. The van der Waals surface area contributed by atoms with Gasteiger partial charge in [-0.2, -0.15) is 27.9 Å². The second-order valence-electron chi connectivity index (χ2n) is 4.54. The van der Waals surface area contributed by atoms with E-state index >= 15 is 0 Å². The summed E-state index contributed by atoms with van der Waals surface area (Å²) >= 11 is 2.87. The van der Waals surface area contributed by atoms with E-state index in [1.807, 2.05) is 0 Å². The van der Waals surface area contributed by atoms with Crippen LogP contribution >= 0.6 is 15.9 Å². The van der Waals surface area contributed by atoms with E-state index in [1.54, 1.807) is 13.8 Å². The Morgan fingerprint density at radius 3 is 2.64 bits per heavy atom. The van der Waals surface area contributed by atoms with Gasteiger partial charge in [-0.15, -0.1) is 10.2 Å². The van der Waals surface area contributed by atoms with Gasteiger partial charge in [0.15, 0.2) is 5.82 Å². The van der Waals surface area contributed by atoms with E-state index in [9.17, 15) is 18.0 Å². The minimum Gasteiger partial charge on any atom is -0.350 e. The third kappa shape index (κ3) is 3.59. The molecule has 0 radical (unpaired) electrons. The fourth-order valence-electron chi connectivity index (χ4n) is 1.49. The molecule has 1 N–H and O–H groups in total. The van der Waals surface area contributed by atoms with Gasteiger partial charge in [0.1, 0.15) is 0 Å². The number of rotatable bonds is 3. The highest BCUT2D eigenvalue weighted by Crippen LogP contribution is 2.28. The second-order valence-corrected chi connectivity index (χ2v) is 5.25. The van der Waals surface area contributed by atoms with Crippen LogP contribution in [0.25, 0.3) is 5.82 Å². The van der Waals surface area contributed by atoms with Crippen molar-refractivity contribution in [1.29, 1.82) is 0 Å². The van der Waals surface area contributed by atoms with Crippen LogP contribution in [0, 0.1) is 0 Å². The van der Waals surface area contributed by atoms with Gasteiger partial charge in [-0.3, -0.25) is 4.79 Å². The number of nitrogens with zero attached hydrogens (tertiary/aromatic N) is 5. The van der Waals surface area contributed by atoms with Crippen LogP contribution in [0.3, 0.4) is 0 Å². The Labute approximate surface area is 131 Å². The monoisotopic (exact) mass is 378 g/mol. The first kappa shape index (κ1) is 16.3. The van der Waals surface area contributed by atoms with Crippen molar-refractivity contribution in [3.63, 3.8) is 0 Å². The van der Waals surface area contributed by atoms with Gasteiger partial charge >= 0.3 is 6.18 Å². The molecule has 0 aliphatic heterocycles. The molecule has 0 aliphatic carbocycles. The summed E-state index contributed by atoms with van der Waals surface area (Å²) in [4.78, 5) is 15.1. The number of hydrogen-bond acceptors (Lipinski definition) is 5. The lowest BCUT2D eigenvalue weighted by Crippen LogP contribution is -2.30. The molecule has 118 valence electrons. The number of nitrogens with one attached hydrogen (secondary N) is 1. The van der Waals surface area contributed by atoms with E-state index in [-0.39, 0.29) is 22.2 Å². The van der Waals surface area contributed by atoms with E-state index in [0.717, 1.165) is 4.68 Å². The number of amides is 1. The summed E-state index contributed by atoms with van der Waals surface area (Å²) in [5, 5.41) is 13.2. The van der Waals surface area contributed by atoms with Crippen molar-refractivity contribution < 1.29 is 18.0 Å². The van der Waals surface area contributed by atoms with E-state index < -0.39 is 17.9 Å². The molecule has 0 aromatic carbocycles. The van der Waals surface area contributed by atoms with Gasteiger partial charge in [-0.1, -0.05) is 0 Å². The molecule has 0 unspecified atom stereocenters. The van der Waals surface area contributed by atoms with Crippen LogP contribution in [-0.4, -0.2) is 36.9 Å². The maximum absolute atomic E-state index is 12.6. The van der Waals surface area contributed by atoms with Gasteiger partial charge in [0.05, 0.1) is 11.8 Å². The molecule has 11 heteroatoms. The lowest BCUT2D eigenvalue weighted by molar-refractivity contribution is -0.144. The molecular formula is C11H10BrF3N6O. The summed E-state index contributed by atoms with van der Waals surface area (Å²) in [5.74, 6) is -1.80. The summed E-state index contributed by atoms with van der Waals surface area (Å²) in [5.41, 5.74) is 0.148. The van der Waals surface area contributed by atoms with Crippen LogP contribution in [-0.2, 0) is 6.18 Å². The number of alkyl halides is 3. The number of carbonyl (C=O) groups excluding carboxylic acids is 1. The molecule has 2 rings (SSSR count). The van der Waals surface area contributed by atoms with Crippen molar-refractivity contribution >= 4 is 21.8 Å². The summed E-state index contributed by atoms with van der Waals surface area (Å²) in [6, 6.07) is 1.17. The lowest BCUT2D eigenvalue weighted by Gasteiger charge is -2.08. The first-order valence-corrected chi connectivity index (χ1v) is 6.81. The first-order valence-electron chi connectivity index (χ1n) is 6.02. The van der Waals surface area contributed by atoms with Crippen LogP contribution in [0.1, 0.15) is 30.0 Å². The van der Waals surface area contributed by atoms with E-state index in [0.29, 0.717) is 0 Å². The Bertz CT molecular complexity index is 699. The molecule has 0 saturated heterocycles. The van der Waals surface area contributed by atoms with Crippen molar-refractivity contribution in [2.24, 2.45) is 0 Å². The SMILES string of the molecule is CC(C)NC(=O)c1cnnc(-n2nc(C(F)(F)F)nc2Br)c1. The average Bonchev–Trinajstić information content (AvgIpc) is 2.80. The highest BCUT2D eigenvalue weighted by molar-refractivity contribution is 9.10. The highest BCUT2D eigenvalue weighted by atomic mass is 79.9. The lowest BCUT2D eigenvalue weighted by atomic mass is 10.2. The molecule has 0 saturated carbocycles. The number of halogens is 4. The molecule has 2 heterocycles. The number of hydrogen-bond donors (Lipinski definition) is 1. The Balaban J connectivity index is 2.38. The van der Waals surface area contributed by atoms with Gasteiger partial charge in [-0.05, 0) is 35.8 Å². The van der Waals surface area contributed by atoms with Crippen molar-refractivity contribution in [1.82, 2.24) is 30.3 Å². The minimum absolute atomic E-state index is 0.0636. The zero-order valence-corrected chi connectivity index (χ0v) is 13.0. The number of carbonyl (C=O) groups is 1. The topological polar surface area (TPSA) is 85.6 Å². The summed E-state index contributed by atoms with van der Waals surface area (Å²) in [6.45, 7) is 3.55. The maximum Gasteiger partial charge on any atom is 0.453 e. The molecule has 0 atom stereocenters. The third-order valence-corrected chi connectivity index (χ3v) is 2.88. The predicted octanol–water partition coefficient (Wildman–Crippen LogP) is 1.98. The molecule has 0 bridgehead atoms. The van der Waals surface area contributed by atoms with Crippen molar-refractivity contribution in [2.45, 2.75) is 26.1 Å². The van der Waals surface area contributed by atoms with E-state index in [2.05, 4.69) is 41.5 Å². The predicted molar refractivity (Wildman–Crippen MR) is 72.3 cm³/mol. The zero-order chi connectivity index (χ0) is 16.5. The molecule has 2 aromatic heterocycles. The summed E-state index contributed by atoms with van der Waals surface area (Å²) < 4.78 is 38.4. The Hall–Kier alpha value is -2.04. The molecule has 22 heavy (non-hydrogen) atoms. The van der Waals surface area contributed by atoms with Crippen molar-refractivity contribution in [3.05, 3.63) is 28.4 Å². The summed E-state index contributed by atoms with van der Waals surface area (Å²) in [6.07, 6.45) is -3.48. The van der Waals surface area contributed by atoms with Crippen LogP contribution in [0.2, 0.25) is 0 Å². The molecular weight excluding hydrogens is 369 g/mol. The third-order valence-electron chi connectivity index (χ3n) is 2.36. The smallest absolute Gasteiger partial charge is 0.350 e. The normalized spacial score (nSPS) is 11.8. The second kappa shape index (κ2) is 5.99. The molecule has 7 nitrogen and oxygen atoms in total. The number of aromatic nitrogens is 5. The van der Waals surface area contributed by atoms with E-state index in [1.165, 1.54) is 12.3 Å². The van der Waals surface area contributed by atoms with Gasteiger partial charge in [0, 0.05) is 6.04 Å².